The van der Waals surface area contributed by atoms with Crippen LogP contribution in [0.25, 0.3) is 0 Å². The molecule has 0 aliphatic rings. The Bertz CT molecular complexity index is 310. The first kappa shape index (κ1) is 10.8. The van der Waals surface area contributed by atoms with E-state index >= 15 is 0 Å². The molecule has 0 amide bonds. The molecular formula is C11H17FN2. The van der Waals surface area contributed by atoms with E-state index in [0.29, 0.717) is 6.04 Å². The third-order valence-electron chi connectivity index (χ3n) is 2.30. The van der Waals surface area contributed by atoms with Crippen LogP contribution < -0.4 is 10.6 Å². The van der Waals surface area contributed by atoms with Crippen molar-refractivity contribution in [2.24, 2.45) is 0 Å². The first-order chi connectivity index (χ1) is 6.57. The number of halogens is 1. The maximum atomic E-state index is 13.2. The van der Waals surface area contributed by atoms with Crippen LogP contribution in [0.5, 0.6) is 0 Å². The fourth-order valence-corrected chi connectivity index (χ4v) is 1.59. The number of hydrogen-bond acceptors (Lipinski definition) is 2. The van der Waals surface area contributed by atoms with Gasteiger partial charge in [0, 0.05) is 12.6 Å². The summed E-state index contributed by atoms with van der Waals surface area (Å²) in [6, 6.07) is 5.24. The molecule has 1 aromatic rings. The van der Waals surface area contributed by atoms with E-state index < -0.39 is 0 Å². The number of para-hydroxylation sites is 1. The topological polar surface area (TPSA) is 29.3 Å². The highest BCUT2D eigenvalue weighted by Gasteiger charge is 2.13. The molecule has 0 saturated heterocycles. The monoisotopic (exact) mass is 196 g/mol. The Morgan fingerprint density at radius 1 is 1.43 bits per heavy atom. The molecule has 78 valence electrons. The van der Waals surface area contributed by atoms with Gasteiger partial charge in [0.25, 0.3) is 0 Å². The molecule has 0 spiro atoms. The van der Waals surface area contributed by atoms with Crippen molar-refractivity contribution in [2.75, 3.05) is 17.2 Å². The smallest absolute Gasteiger partial charge is 0.148 e. The van der Waals surface area contributed by atoms with Crippen LogP contribution in [0.2, 0.25) is 0 Å². The predicted octanol–water partition coefficient (Wildman–Crippen LogP) is 2.64. The van der Waals surface area contributed by atoms with Crippen molar-refractivity contribution in [3.05, 3.63) is 24.0 Å². The van der Waals surface area contributed by atoms with Gasteiger partial charge >= 0.3 is 0 Å². The van der Waals surface area contributed by atoms with Crippen LogP contribution >= 0.6 is 0 Å². The normalized spacial score (nSPS) is 10.6. The predicted molar refractivity (Wildman–Crippen MR) is 59.0 cm³/mol. The third-order valence-corrected chi connectivity index (χ3v) is 2.30. The second kappa shape index (κ2) is 4.31. The minimum Gasteiger partial charge on any atom is -0.395 e. The van der Waals surface area contributed by atoms with Gasteiger partial charge < -0.3 is 10.6 Å². The Labute approximate surface area is 84.5 Å². The van der Waals surface area contributed by atoms with Crippen molar-refractivity contribution in [2.45, 2.75) is 26.8 Å². The van der Waals surface area contributed by atoms with Crippen LogP contribution in [-0.2, 0) is 0 Å². The maximum Gasteiger partial charge on any atom is 0.148 e. The summed E-state index contributed by atoms with van der Waals surface area (Å²) < 4.78 is 13.2. The summed E-state index contributed by atoms with van der Waals surface area (Å²) in [4.78, 5) is 2.07. The van der Waals surface area contributed by atoms with E-state index in [2.05, 4.69) is 18.7 Å². The van der Waals surface area contributed by atoms with Gasteiger partial charge in [-0.15, -0.1) is 0 Å². The second-order valence-electron chi connectivity index (χ2n) is 3.55. The molecular weight excluding hydrogens is 179 g/mol. The van der Waals surface area contributed by atoms with Crippen LogP contribution in [0.3, 0.4) is 0 Å². The SMILES string of the molecule is CCN(c1cccc(F)c1N)C(C)C. The highest BCUT2D eigenvalue weighted by atomic mass is 19.1. The van der Waals surface area contributed by atoms with E-state index in [-0.39, 0.29) is 11.5 Å². The van der Waals surface area contributed by atoms with Crippen molar-refractivity contribution < 1.29 is 4.39 Å². The number of benzene rings is 1. The van der Waals surface area contributed by atoms with E-state index in [1.54, 1.807) is 6.07 Å². The molecule has 0 aliphatic carbocycles. The Hall–Kier alpha value is -1.25. The van der Waals surface area contributed by atoms with E-state index in [1.165, 1.54) is 6.07 Å². The van der Waals surface area contributed by atoms with Gasteiger partial charge in [-0.2, -0.15) is 0 Å². The van der Waals surface area contributed by atoms with Crippen molar-refractivity contribution in [3.63, 3.8) is 0 Å². The molecule has 0 unspecified atom stereocenters. The minimum absolute atomic E-state index is 0.239. The number of nitrogens with two attached hydrogens (primary N) is 1. The van der Waals surface area contributed by atoms with Crippen LogP contribution in [0, 0.1) is 5.82 Å². The lowest BCUT2D eigenvalue weighted by molar-refractivity contribution is 0.629. The van der Waals surface area contributed by atoms with E-state index in [9.17, 15) is 4.39 Å². The highest BCUT2D eigenvalue weighted by Crippen LogP contribution is 2.26. The van der Waals surface area contributed by atoms with Crippen molar-refractivity contribution in [3.8, 4) is 0 Å². The molecule has 0 aliphatic heterocycles. The zero-order chi connectivity index (χ0) is 10.7. The first-order valence-corrected chi connectivity index (χ1v) is 4.88. The average molecular weight is 196 g/mol. The van der Waals surface area contributed by atoms with E-state index in [0.717, 1.165) is 12.2 Å². The Kier molecular flexibility index (Phi) is 3.33. The molecule has 0 heterocycles. The van der Waals surface area contributed by atoms with Gasteiger partial charge in [0.15, 0.2) is 0 Å². The van der Waals surface area contributed by atoms with Gasteiger partial charge in [-0.05, 0) is 32.9 Å². The quantitative estimate of drug-likeness (QED) is 0.753. The number of rotatable bonds is 3. The fourth-order valence-electron chi connectivity index (χ4n) is 1.59. The van der Waals surface area contributed by atoms with Crippen LogP contribution in [0.15, 0.2) is 18.2 Å². The van der Waals surface area contributed by atoms with Crippen LogP contribution in [-0.4, -0.2) is 12.6 Å². The third kappa shape index (κ3) is 1.97. The van der Waals surface area contributed by atoms with Crippen molar-refractivity contribution in [1.82, 2.24) is 0 Å². The lowest BCUT2D eigenvalue weighted by atomic mass is 10.2. The molecule has 0 bridgehead atoms. The molecule has 0 atom stereocenters. The van der Waals surface area contributed by atoms with E-state index in [1.807, 2.05) is 13.0 Å². The van der Waals surface area contributed by atoms with Gasteiger partial charge in [-0.3, -0.25) is 0 Å². The Morgan fingerprint density at radius 2 is 2.07 bits per heavy atom. The van der Waals surface area contributed by atoms with Gasteiger partial charge in [-0.25, -0.2) is 4.39 Å². The molecule has 0 radical (unpaired) electrons. The zero-order valence-corrected chi connectivity index (χ0v) is 8.92. The zero-order valence-electron chi connectivity index (χ0n) is 8.92. The molecule has 14 heavy (non-hydrogen) atoms. The number of nitrogen functional groups attached to an aromatic ring is 1. The fraction of sp³-hybridized carbons (Fsp3) is 0.455. The van der Waals surface area contributed by atoms with Gasteiger partial charge in [-0.1, -0.05) is 6.07 Å². The minimum atomic E-state index is -0.346. The van der Waals surface area contributed by atoms with Gasteiger partial charge in [0.05, 0.1) is 11.4 Å². The van der Waals surface area contributed by atoms with E-state index in [4.69, 9.17) is 5.73 Å². The van der Waals surface area contributed by atoms with Crippen molar-refractivity contribution in [1.29, 1.82) is 0 Å². The lowest BCUT2D eigenvalue weighted by Gasteiger charge is -2.28. The highest BCUT2D eigenvalue weighted by molar-refractivity contribution is 5.68. The number of nitrogens with zero attached hydrogens (tertiary/aromatic N) is 1. The average Bonchev–Trinajstić information content (AvgIpc) is 2.13. The summed E-state index contributed by atoms with van der Waals surface area (Å²) in [6.07, 6.45) is 0. The molecule has 0 saturated carbocycles. The lowest BCUT2D eigenvalue weighted by Crippen LogP contribution is -2.31. The molecule has 2 nitrogen and oxygen atoms in total. The van der Waals surface area contributed by atoms with Gasteiger partial charge in [0.2, 0.25) is 0 Å². The molecule has 3 heteroatoms. The number of anilines is 2. The number of hydrogen-bond donors (Lipinski definition) is 1. The second-order valence-corrected chi connectivity index (χ2v) is 3.55. The molecule has 1 aromatic carbocycles. The summed E-state index contributed by atoms with van der Waals surface area (Å²) in [7, 11) is 0. The Balaban J connectivity index is 3.10. The maximum absolute atomic E-state index is 13.2. The van der Waals surface area contributed by atoms with Gasteiger partial charge in [0.1, 0.15) is 5.82 Å². The molecule has 0 aromatic heterocycles. The molecule has 2 N–H and O–H groups in total. The standard InChI is InChI=1S/C11H17FN2/c1-4-14(8(2)3)10-7-5-6-9(12)11(10)13/h5-8H,4,13H2,1-3H3. The Morgan fingerprint density at radius 3 is 2.57 bits per heavy atom. The first-order valence-electron chi connectivity index (χ1n) is 4.88. The van der Waals surface area contributed by atoms with Crippen LogP contribution in [0.1, 0.15) is 20.8 Å². The summed E-state index contributed by atoms with van der Waals surface area (Å²) in [5.41, 5.74) is 6.70. The molecule has 0 fully saturated rings. The summed E-state index contributed by atoms with van der Waals surface area (Å²) in [5.74, 6) is -0.346. The largest absolute Gasteiger partial charge is 0.395 e. The summed E-state index contributed by atoms with van der Waals surface area (Å²) in [6.45, 7) is 6.98. The van der Waals surface area contributed by atoms with Crippen molar-refractivity contribution >= 4 is 11.4 Å². The molecule has 1 rings (SSSR count). The summed E-state index contributed by atoms with van der Waals surface area (Å²) in [5, 5.41) is 0. The van der Waals surface area contributed by atoms with Crippen LogP contribution in [0.4, 0.5) is 15.8 Å². The summed E-state index contributed by atoms with van der Waals surface area (Å²) >= 11 is 0.